The summed E-state index contributed by atoms with van der Waals surface area (Å²) in [5, 5.41) is 3.14. The average molecular weight is 353 g/mol. The van der Waals surface area contributed by atoms with Gasteiger partial charge in [-0.05, 0) is 56.4 Å². The second-order valence-corrected chi connectivity index (χ2v) is 7.15. The number of aryl methyl sites for hydroxylation is 1. The van der Waals surface area contributed by atoms with Crippen molar-refractivity contribution in [2.75, 3.05) is 0 Å². The molecule has 26 heavy (non-hydrogen) atoms. The summed E-state index contributed by atoms with van der Waals surface area (Å²) in [6, 6.07) is 5.86. The van der Waals surface area contributed by atoms with Crippen LogP contribution in [0.15, 0.2) is 36.8 Å². The smallest absolute Gasteiger partial charge is 0.253 e. The summed E-state index contributed by atoms with van der Waals surface area (Å²) in [6.45, 7) is 4.46. The van der Waals surface area contributed by atoms with Gasteiger partial charge in [0, 0.05) is 30.2 Å². The third-order valence-electron chi connectivity index (χ3n) is 5.13. The molecule has 1 atom stereocenters. The summed E-state index contributed by atoms with van der Waals surface area (Å²) in [4.78, 5) is 20.9. The molecule has 2 aromatic heterocycles. The summed E-state index contributed by atoms with van der Waals surface area (Å²) in [7, 11) is 0. The topological polar surface area (TPSA) is 64.1 Å². The highest BCUT2D eigenvalue weighted by Crippen LogP contribution is 2.26. The lowest BCUT2D eigenvalue weighted by molar-refractivity contribution is 0.0918. The van der Waals surface area contributed by atoms with Crippen molar-refractivity contribution >= 4 is 5.91 Å². The van der Waals surface area contributed by atoms with Crippen LogP contribution in [0, 0.1) is 12.8 Å². The zero-order valence-corrected chi connectivity index (χ0v) is 15.6. The van der Waals surface area contributed by atoms with E-state index >= 15 is 0 Å². The van der Waals surface area contributed by atoms with Crippen LogP contribution >= 0.6 is 0 Å². The van der Waals surface area contributed by atoms with Crippen molar-refractivity contribution < 1.29 is 9.53 Å². The van der Waals surface area contributed by atoms with E-state index in [9.17, 15) is 4.79 Å². The Morgan fingerprint density at radius 1 is 1.27 bits per heavy atom. The standard InChI is InChI=1S/C21H27N3O2/c1-15-12-19(20(25)24-16(2)18-6-4-3-5-7-18)13-23-21(15)26-14-17-8-10-22-11-9-17/h8-13,16,18H,3-7,14H2,1-2H3,(H,24,25). The molecule has 2 heterocycles. The Morgan fingerprint density at radius 3 is 2.69 bits per heavy atom. The number of amides is 1. The van der Waals surface area contributed by atoms with Crippen molar-refractivity contribution in [2.24, 2.45) is 5.92 Å². The van der Waals surface area contributed by atoms with Crippen LogP contribution in [0.5, 0.6) is 5.88 Å². The Morgan fingerprint density at radius 2 is 2.00 bits per heavy atom. The van der Waals surface area contributed by atoms with Gasteiger partial charge in [-0.1, -0.05) is 19.3 Å². The number of pyridine rings is 2. The zero-order chi connectivity index (χ0) is 18.4. The molecule has 0 aromatic carbocycles. The van der Waals surface area contributed by atoms with E-state index < -0.39 is 0 Å². The van der Waals surface area contributed by atoms with Crippen molar-refractivity contribution in [1.82, 2.24) is 15.3 Å². The maximum Gasteiger partial charge on any atom is 0.253 e. The fourth-order valence-electron chi connectivity index (χ4n) is 3.51. The van der Waals surface area contributed by atoms with E-state index in [1.807, 2.05) is 25.1 Å². The van der Waals surface area contributed by atoms with Gasteiger partial charge in [-0.3, -0.25) is 9.78 Å². The molecule has 1 aliphatic rings. The molecule has 0 saturated heterocycles. The van der Waals surface area contributed by atoms with E-state index in [1.165, 1.54) is 32.1 Å². The third-order valence-corrected chi connectivity index (χ3v) is 5.13. The monoisotopic (exact) mass is 353 g/mol. The molecule has 1 saturated carbocycles. The quantitative estimate of drug-likeness (QED) is 0.850. The lowest BCUT2D eigenvalue weighted by atomic mass is 9.84. The van der Waals surface area contributed by atoms with Gasteiger partial charge in [-0.2, -0.15) is 0 Å². The van der Waals surface area contributed by atoms with Crippen molar-refractivity contribution in [3.63, 3.8) is 0 Å². The highest BCUT2D eigenvalue weighted by molar-refractivity contribution is 5.94. The normalized spacial score (nSPS) is 16.1. The number of hydrogen-bond donors (Lipinski definition) is 1. The van der Waals surface area contributed by atoms with Crippen molar-refractivity contribution in [1.29, 1.82) is 0 Å². The lowest BCUT2D eigenvalue weighted by Crippen LogP contribution is -2.38. The minimum absolute atomic E-state index is 0.0562. The van der Waals surface area contributed by atoms with E-state index in [4.69, 9.17) is 4.74 Å². The summed E-state index contributed by atoms with van der Waals surface area (Å²) < 4.78 is 5.76. The van der Waals surface area contributed by atoms with Gasteiger partial charge < -0.3 is 10.1 Å². The fourth-order valence-corrected chi connectivity index (χ4v) is 3.51. The second kappa shape index (κ2) is 8.79. The number of ether oxygens (including phenoxy) is 1. The molecule has 0 spiro atoms. The van der Waals surface area contributed by atoms with Crippen LogP contribution in [-0.4, -0.2) is 21.9 Å². The number of nitrogens with zero attached hydrogens (tertiary/aromatic N) is 2. The molecule has 1 aliphatic carbocycles. The van der Waals surface area contributed by atoms with E-state index in [1.54, 1.807) is 18.6 Å². The first-order valence-electron chi connectivity index (χ1n) is 9.42. The number of hydrogen-bond acceptors (Lipinski definition) is 4. The van der Waals surface area contributed by atoms with E-state index in [2.05, 4.69) is 22.2 Å². The summed E-state index contributed by atoms with van der Waals surface area (Å²) in [6.07, 6.45) is 11.4. The molecule has 2 aromatic rings. The number of rotatable bonds is 6. The van der Waals surface area contributed by atoms with Crippen LogP contribution < -0.4 is 10.1 Å². The molecule has 0 aliphatic heterocycles. The molecule has 5 heteroatoms. The van der Waals surface area contributed by atoms with Crippen LogP contribution in [0.3, 0.4) is 0 Å². The number of nitrogens with one attached hydrogen (secondary N) is 1. The van der Waals surface area contributed by atoms with Crippen LogP contribution in [0.2, 0.25) is 0 Å². The highest BCUT2D eigenvalue weighted by atomic mass is 16.5. The Balaban J connectivity index is 1.58. The van der Waals surface area contributed by atoms with E-state index in [-0.39, 0.29) is 11.9 Å². The zero-order valence-electron chi connectivity index (χ0n) is 15.6. The first-order chi connectivity index (χ1) is 12.6. The Hall–Kier alpha value is -2.43. The molecule has 5 nitrogen and oxygen atoms in total. The average Bonchev–Trinajstić information content (AvgIpc) is 2.68. The van der Waals surface area contributed by atoms with Crippen molar-refractivity contribution in [2.45, 2.75) is 58.6 Å². The molecule has 138 valence electrons. The van der Waals surface area contributed by atoms with Crippen LogP contribution in [-0.2, 0) is 6.61 Å². The minimum Gasteiger partial charge on any atom is -0.473 e. The largest absolute Gasteiger partial charge is 0.473 e. The van der Waals surface area contributed by atoms with Crippen molar-refractivity contribution in [3.05, 3.63) is 53.5 Å². The fraction of sp³-hybridized carbons (Fsp3) is 0.476. The van der Waals surface area contributed by atoms with E-state index in [0.717, 1.165) is 11.1 Å². The number of carbonyl (C=O) groups excluding carboxylic acids is 1. The van der Waals surface area contributed by atoms with Gasteiger partial charge >= 0.3 is 0 Å². The van der Waals surface area contributed by atoms with Gasteiger partial charge in [0.15, 0.2) is 0 Å². The van der Waals surface area contributed by atoms with Gasteiger partial charge in [-0.15, -0.1) is 0 Å². The predicted octanol–water partition coefficient (Wildman–Crippen LogP) is 4.06. The van der Waals surface area contributed by atoms with Gasteiger partial charge in [0.1, 0.15) is 6.61 Å². The highest BCUT2D eigenvalue weighted by Gasteiger charge is 2.22. The lowest BCUT2D eigenvalue weighted by Gasteiger charge is -2.28. The van der Waals surface area contributed by atoms with E-state index in [0.29, 0.717) is 24.0 Å². The maximum atomic E-state index is 12.5. The molecule has 3 rings (SSSR count). The summed E-state index contributed by atoms with van der Waals surface area (Å²) >= 11 is 0. The van der Waals surface area contributed by atoms with Crippen LogP contribution in [0.4, 0.5) is 0 Å². The molecule has 1 amide bonds. The van der Waals surface area contributed by atoms with Crippen LogP contribution in [0.25, 0.3) is 0 Å². The molecular formula is C21H27N3O2. The number of aromatic nitrogens is 2. The Kier molecular flexibility index (Phi) is 6.21. The first-order valence-corrected chi connectivity index (χ1v) is 9.42. The van der Waals surface area contributed by atoms with Crippen LogP contribution in [0.1, 0.15) is 60.5 Å². The Bertz CT molecular complexity index is 727. The number of carbonyl (C=O) groups is 1. The van der Waals surface area contributed by atoms with Gasteiger partial charge in [0.25, 0.3) is 5.91 Å². The Labute approximate surface area is 155 Å². The van der Waals surface area contributed by atoms with Gasteiger partial charge in [-0.25, -0.2) is 4.98 Å². The summed E-state index contributed by atoms with van der Waals surface area (Å²) in [5.74, 6) is 1.09. The SMILES string of the molecule is Cc1cc(C(=O)NC(C)C2CCCCC2)cnc1OCc1ccncc1. The molecule has 1 fully saturated rings. The third kappa shape index (κ3) is 4.81. The molecule has 1 unspecified atom stereocenters. The van der Waals surface area contributed by atoms with Crippen molar-refractivity contribution in [3.8, 4) is 5.88 Å². The minimum atomic E-state index is -0.0562. The molecular weight excluding hydrogens is 326 g/mol. The molecule has 1 N–H and O–H groups in total. The van der Waals surface area contributed by atoms with Gasteiger partial charge in [0.2, 0.25) is 5.88 Å². The molecule has 0 bridgehead atoms. The second-order valence-electron chi connectivity index (χ2n) is 7.15. The van der Waals surface area contributed by atoms with Gasteiger partial charge in [0.05, 0.1) is 5.56 Å². The maximum absolute atomic E-state index is 12.5. The predicted molar refractivity (Wildman–Crippen MR) is 101 cm³/mol. The first kappa shape index (κ1) is 18.4. The molecule has 0 radical (unpaired) electrons. The summed E-state index contributed by atoms with van der Waals surface area (Å²) in [5.41, 5.74) is 2.47.